The van der Waals surface area contributed by atoms with Gasteiger partial charge in [0.05, 0.1) is 6.61 Å². The number of carbonyl (C=O) groups excluding carboxylic acids is 1. The maximum atomic E-state index is 11.5. The van der Waals surface area contributed by atoms with Gasteiger partial charge in [-0.2, -0.15) is 0 Å². The second-order valence-corrected chi connectivity index (χ2v) is 6.33. The predicted octanol–water partition coefficient (Wildman–Crippen LogP) is 2.66. The first-order valence-electron chi connectivity index (χ1n) is 5.84. The minimum atomic E-state index is -0.127. The molecule has 4 nitrogen and oxygen atoms in total. The smallest absolute Gasteiger partial charge is 0.319 e. The first-order valence-corrected chi connectivity index (χ1v) is 7.54. The molecule has 6 heteroatoms. The highest BCUT2D eigenvalue weighted by Crippen LogP contribution is 2.35. The summed E-state index contributed by atoms with van der Waals surface area (Å²) in [4.78, 5) is 22.4. The van der Waals surface area contributed by atoms with Gasteiger partial charge in [0.2, 0.25) is 0 Å². The van der Waals surface area contributed by atoms with Gasteiger partial charge < -0.3 is 4.74 Å². The number of carbonyl (C=O) groups is 1. The minimum absolute atomic E-state index is 0.118. The second kappa shape index (κ2) is 4.85. The molecule has 1 aliphatic rings. The highest BCUT2D eigenvalue weighted by molar-refractivity contribution is 8.00. The van der Waals surface area contributed by atoms with Crippen LogP contribution < -0.4 is 0 Å². The molecule has 1 saturated heterocycles. The van der Waals surface area contributed by atoms with Gasteiger partial charge in [0, 0.05) is 16.7 Å². The summed E-state index contributed by atoms with van der Waals surface area (Å²) in [6.45, 7) is 2.65. The van der Waals surface area contributed by atoms with Crippen molar-refractivity contribution in [3.63, 3.8) is 0 Å². The molecule has 0 aliphatic carbocycles. The van der Waals surface area contributed by atoms with Gasteiger partial charge in [0.1, 0.15) is 21.4 Å². The Morgan fingerprint density at radius 3 is 3.17 bits per heavy atom. The lowest BCUT2D eigenvalue weighted by molar-refractivity contribution is -0.137. The highest BCUT2D eigenvalue weighted by atomic mass is 32.2. The van der Waals surface area contributed by atoms with Crippen molar-refractivity contribution in [2.45, 2.75) is 30.0 Å². The Balaban J connectivity index is 1.95. The Morgan fingerprint density at radius 2 is 2.44 bits per heavy atom. The van der Waals surface area contributed by atoms with E-state index in [1.54, 1.807) is 17.7 Å². The number of cyclic esters (lactones) is 1. The number of esters is 1. The third kappa shape index (κ3) is 2.10. The zero-order valence-electron chi connectivity index (χ0n) is 9.88. The summed E-state index contributed by atoms with van der Waals surface area (Å²) in [7, 11) is 0. The fourth-order valence-electron chi connectivity index (χ4n) is 1.87. The van der Waals surface area contributed by atoms with E-state index >= 15 is 0 Å². The largest absolute Gasteiger partial charge is 0.465 e. The Bertz CT molecular complexity index is 597. The lowest BCUT2D eigenvalue weighted by Gasteiger charge is -2.04. The molecule has 1 fully saturated rings. The Kier molecular flexibility index (Phi) is 3.22. The van der Waals surface area contributed by atoms with Crippen LogP contribution in [0.1, 0.15) is 18.2 Å². The zero-order chi connectivity index (χ0) is 12.5. The van der Waals surface area contributed by atoms with Crippen LogP contribution in [0.4, 0.5) is 0 Å². The fourth-order valence-corrected chi connectivity index (χ4v) is 3.91. The number of ether oxygens (including phenoxy) is 1. The van der Waals surface area contributed by atoms with Crippen LogP contribution in [0.3, 0.4) is 0 Å². The van der Waals surface area contributed by atoms with Crippen molar-refractivity contribution >= 4 is 39.3 Å². The van der Waals surface area contributed by atoms with Crippen molar-refractivity contribution in [1.29, 1.82) is 0 Å². The van der Waals surface area contributed by atoms with Gasteiger partial charge in [-0.05, 0) is 12.5 Å². The van der Waals surface area contributed by atoms with E-state index in [2.05, 4.69) is 23.0 Å². The monoisotopic (exact) mass is 280 g/mol. The van der Waals surface area contributed by atoms with Crippen molar-refractivity contribution in [2.24, 2.45) is 0 Å². The van der Waals surface area contributed by atoms with Gasteiger partial charge in [0.15, 0.2) is 0 Å². The number of fused-ring (bicyclic) bond motifs is 1. The van der Waals surface area contributed by atoms with Crippen molar-refractivity contribution in [2.75, 3.05) is 6.61 Å². The molecule has 0 aromatic carbocycles. The average molecular weight is 280 g/mol. The molecule has 3 rings (SSSR count). The molecule has 0 N–H and O–H groups in total. The van der Waals surface area contributed by atoms with Gasteiger partial charge in [0.25, 0.3) is 0 Å². The fraction of sp³-hybridized carbons (Fsp3) is 0.417. The molecule has 3 heterocycles. The lowest BCUT2D eigenvalue weighted by Crippen LogP contribution is -2.09. The molecular weight excluding hydrogens is 268 g/mol. The molecule has 94 valence electrons. The molecule has 0 spiro atoms. The maximum absolute atomic E-state index is 11.5. The number of nitrogens with zero attached hydrogens (tertiary/aromatic N) is 2. The minimum Gasteiger partial charge on any atom is -0.465 e. The number of rotatable bonds is 3. The second-order valence-electron chi connectivity index (χ2n) is 4.03. The molecule has 2 aromatic rings. The van der Waals surface area contributed by atoms with E-state index in [0.717, 1.165) is 28.1 Å². The topological polar surface area (TPSA) is 52.1 Å². The van der Waals surface area contributed by atoms with Gasteiger partial charge in [-0.1, -0.05) is 18.7 Å². The zero-order valence-corrected chi connectivity index (χ0v) is 11.5. The molecule has 1 unspecified atom stereocenters. The molecular formula is C12H12N2O2S2. The summed E-state index contributed by atoms with van der Waals surface area (Å²) in [6.07, 6.45) is 3.33. The van der Waals surface area contributed by atoms with E-state index in [-0.39, 0.29) is 11.2 Å². The quantitative estimate of drug-likeness (QED) is 0.639. The van der Waals surface area contributed by atoms with Crippen LogP contribution >= 0.6 is 23.1 Å². The summed E-state index contributed by atoms with van der Waals surface area (Å²) < 4.78 is 4.98. The first kappa shape index (κ1) is 11.9. The van der Waals surface area contributed by atoms with E-state index in [9.17, 15) is 4.79 Å². The third-order valence-corrected chi connectivity index (χ3v) is 5.28. The van der Waals surface area contributed by atoms with E-state index in [1.807, 2.05) is 0 Å². The van der Waals surface area contributed by atoms with Crippen molar-refractivity contribution in [3.05, 3.63) is 17.3 Å². The molecule has 18 heavy (non-hydrogen) atoms. The number of hydrogen-bond acceptors (Lipinski definition) is 6. The summed E-state index contributed by atoms with van der Waals surface area (Å²) in [5.74, 6) is -0.127. The van der Waals surface area contributed by atoms with E-state index in [4.69, 9.17) is 4.74 Å². The third-order valence-electron chi connectivity index (χ3n) is 2.83. The predicted molar refractivity (Wildman–Crippen MR) is 72.0 cm³/mol. The van der Waals surface area contributed by atoms with Crippen LogP contribution in [0.2, 0.25) is 0 Å². The standard InChI is InChI=1S/C12H12N2O2S2/c1-2-7-5-8-10(17-7)13-6-14-11(8)18-9-3-4-16-12(9)15/h5-6,9H,2-4H2,1H3. The van der Waals surface area contributed by atoms with Gasteiger partial charge in [-0.25, -0.2) is 9.97 Å². The summed E-state index contributed by atoms with van der Waals surface area (Å²) in [5, 5.41) is 1.83. The van der Waals surface area contributed by atoms with E-state index in [1.165, 1.54) is 16.6 Å². The molecule has 0 bridgehead atoms. The summed E-state index contributed by atoms with van der Waals surface area (Å²) >= 11 is 3.18. The van der Waals surface area contributed by atoms with E-state index < -0.39 is 0 Å². The van der Waals surface area contributed by atoms with E-state index in [0.29, 0.717) is 6.61 Å². The molecule has 2 aromatic heterocycles. The highest BCUT2D eigenvalue weighted by Gasteiger charge is 2.28. The molecule has 0 radical (unpaired) electrons. The normalized spacial score (nSPS) is 19.4. The Morgan fingerprint density at radius 1 is 1.56 bits per heavy atom. The molecule has 1 aliphatic heterocycles. The van der Waals surface area contributed by atoms with Crippen molar-refractivity contribution in [3.8, 4) is 0 Å². The van der Waals surface area contributed by atoms with Crippen LogP contribution in [-0.2, 0) is 16.0 Å². The molecule has 0 amide bonds. The average Bonchev–Trinajstić information content (AvgIpc) is 2.96. The SMILES string of the molecule is CCc1cc2c(SC3CCOC3=O)ncnc2s1. The Hall–Kier alpha value is -1.14. The van der Waals surface area contributed by atoms with Crippen molar-refractivity contribution in [1.82, 2.24) is 9.97 Å². The van der Waals surface area contributed by atoms with Crippen LogP contribution in [0.25, 0.3) is 10.2 Å². The maximum Gasteiger partial charge on any atom is 0.319 e. The number of aromatic nitrogens is 2. The lowest BCUT2D eigenvalue weighted by atomic mass is 10.3. The molecule has 0 saturated carbocycles. The van der Waals surface area contributed by atoms with Crippen molar-refractivity contribution < 1.29 is 9.53 Å². The number of thioether (sulfide) groups is 1. The summed E-state index contributed by atoms with van der Waals surface area (Å²) in [6, 6.07) is 2.13. The van der Waals surface area contributed by atoms with Crippen LogP contribution in [0.15, 0.2) is 17.4 Å². The van der Waals surface area contributed by atoms with Gasteiger partial charge in [-0.3, -0.25) is 4.79 Å². The number of aryl methyl sites for hydroxylation is 1. The van der Waals surface area contributed by atoms with Gasteiger partial charge in [-0.15, -0.1) is 11.3 Å². The van der Waals surface area contributed by atoms with Crippen LogP contribution in [0.5, 0.6) is 0 Å². The van der Waals surface area contributed by atoms with Crippen LogP contribution in [0, 0.1) is 0 Å². The van der Waals surface area contributed by atoms with Crippen LogP contribution in [-0.4, -0.2) is 27.8 Å². The summed E-state index contributed by atoms with van der Waals surface area (Å²) in [5.41, 5.74) is 0. The van der Waals surface area contributed by atoms with Gasteiger partial charge >= 0.3 is 5.97 Å². The number of hydrogen-bond donors (Lipinski definition) is 0. The Labute approximate surface area is 113 Å². The first-order chi connectivity index (χ1) is 8.78. The molecule has 1 atom stereocenters. The number of thiophene rings is 1.